The van der Waals surface area contributed by atoms with Crippen LogP contribution in [-0.4, -0.2) is 29.0 Å². The Balaban J connectivity index is 1.45. The smallest absolute Gasteiger partial charge is 0.263 e. The SMILES string of the molecule is C=CCOc1c(C)c(C)c2c(c1C)CCC(C)(COc1ccc(C=C3SC(=S)NC3=O)cc1)O2. The molecule has 0 aliphatic carbocycles. The summed E-state index contributed by atoms with van der Waals surface area (Å²) in [4.78, 5) is 12.4. The van der Waals surface area contributed by atoms with Gasteiger partial charge in [-0.3, -0.25) is 4.79 Å². The van der Waals surface area contributed by atoms with Gasteiger partial charge in [-0.05, 0) is 81.0 Å². The van der Waals surface area contributed by atoms with Crippen LogP contribution in [0.4, 0.5) is 0 Å². The lowest BCUT2D eigenvalue weighted by Crippen LogP contribution is -2.42. The average molecular weight is 496 g/mol. The molecule has 0 bridgehead atoms. The number of hydrogen-bond acceptors (Lipinski definition) is 6. The Hall–Kier alpha value is -2.77. The van der Waals surface area contributed by atoms with Crippen molar-refractivity contribution in [3.63, 3.8) is 0 Å². The number of thiocarbonyl (C=S) groups is 1. The topological polar surface area (TPSA) is 56.8 Å². The highest BCUT2D eigenvalue weighted by molar-refractivity contribution is 8.26. The Bertz CT molecular complexity index is 1190. The van der Waals surface area contributed by atoms with Crippen LogP contribution in [0.25, 0.3) is 6.08 Å². The molecule has 1 amide bonds. The molecule has 1 atom stereocenters. The number of amides is 1. The van der Waals surface area contributed by atoms with Crippen molar-refractivity contribution >= 4 is 40.3 Å². The summed E-state index contributed by atoms with van der Waals surface area (Å²) in [5, 5.41) is 2.63. The molecule has 1 saturated heterocycles. The van der Waals surface area contributed by atoms with Gasteiger partial charge in [0.05, 0.1) is 4.91 Å². The molecule has 2 heterocycles. The van der Waals surface area contributed by atoms with Gasteiger partial charge in [-0.2, -0.15) is 0 Å². The third-order valence-electron chi connectivity index (χ3n) is 6.27. The Morgan fingerprint density at radius 3 is 2.56 bits per heavy atom. The van der Waals surface area contributed by atoms with Crippen molar-refractivity contribution in [2.45, 2.75) is 46.1 Å². The minimum atomic E-state index is -0.435. The average Bonchev–Trinajstić information content (AvgIpc) is 3.13. The molecule has 4 rings (SSSR count). The van der Waals surface area contributed by atoms with Crippen LogP contribution >= 0.6 is 24.0 Å². The zero-order chi connectivity index (χ0) is 24.5. The minimum absolute atomic E-state index is 0.155. The zero-order valence-electron chi connectivity index (χ0n) is 19.9. The van der Waals surface area contributed by atoms with Gasteiger partial charge < -0.3 is 19.5 Å². The van der Waals surface area contributed by atoms with Crippen molar-refractivity contribution in [3.8, 4) is 17.2 Å². The molecular weight excluding hydrogens is 466 g/mol. The molecule has 178 valence electrons. The van der Waals surface area contributed by atoms with E-state index in [1.807, 2.05) is 30.3 Å². The van der Waals surface area contributed by atoms with Crippen LogP contribution in [0.3, 0.4) is 0 Å². The number of benzene rings is 2. The van der Waals surface area contributed by atoms with Gasteiger partial charge in [0.15, 0.2) is 0 Å². The molecule has 0 spiro atoms. The van der Waals surface area contributed by atoms with Gasteiger partial charge in [-0.15, -0.1) is 0 Å². The van der Waals surface area contributed by atoms with Crippen LogP contribution in [-0.2, 0) is 11.2 Å². The van der Waals surface area contributed by atoms with E-state index in [0.717, 1.165) is 52.3 Å². The molecule has 5 nitrogen and oxygen atoms in total. The summed E-state index contributed by atoms with van der Waals surface area (Å²) in [5.74, 6) is 2.49. The summed E-state index contributed by atoms with van der Waals surface area (Å²) in [5.41, 5.74) is 5.04. The van der Waals surface area contributed by atoms with Gasteiger partial charge in [0.1, 0.15) is 40.4 Å². The van der Waals surface area contributed by atoms with Crippen LogP contribution in [0.5, 0.6) is 17.2 Å². The van der Waals surface area contributed by atoms with Gasteiger partial charge in [-0.25, -0.2) is 0 Å². The number of rotatable bonds is 7. The van der Waals surface area contributed by atoms with Crippen LogP contribution < -0.4 is 19.5 Å². The number of thioether (sulfide) groups is 1. The highest BCUT2D eigenvalue weighted by Gasteiger charge is 2.35. The molecule has 1 unspecified atom stereocenters. The number of carbonyl (C=O) groups is 1. The molecule has 2 aromatic carbocycles. The quantitative estimate of drug-likeness (QED) is 0.296. The molecule has 7 heteroatoms. The van der Waals surface area contributed by atoms with Crippen LogP contribution in [0, 0.1) is 20.8 Å². The monoisotopic (exact) mass is 495 g/mol. The van der Waals surface area contributed by atoms with Crippen molar-refractivity contribution in [2.24, 2.45) is 0 Å². The van der Waals surface area contributed by atoms with Gasteiger partial charge in [0, 0.05) is 5.56 Å². The summed E-state index contributed by atoms with van der Waals surface area (Å²) < 4.78 is 19.1. The van der Waals surface area contributed by atoms with Crippen LogP contribution in [0.1, 0.15) is 41.2 Å². The van der Waals surface area contributed by atoms with E-state index < -0.39 is 5.60 Å². The minimum Gasteiger partial charge on any atom is -0.489 e. The summed E-state index contributed by atoms with van der Waals surface area (Å²) in [6, 6.07) is 7.67. The second-order valence-electron chi connectivity index (χ2n) is 8.87. The van der Waals surface area contributed by atoms with Crippen LogP contribution in [0.15, 0.2) is 41.8 Å². The number of hydrogen-bond donors (Lipinski definition) is 1. The normalized spacial score (nSPS) is 20.5. The zero-order valence-corrected chi connectivity index (χ0v) is 21.6. The van der Waals surface area contributed by atoms with E-state index in [9.17, 15) is 4.79 Å². The summed E-state index contributed by atoms with van der Waals surface area (Å²) >= 11 is 6.31. The first kappa shape index (κ1) is 24.4. The predicted molar refractivity (Wildman–Crippen MR) is 142 cm³/mol. The van der Waals surface area contributed by atoms with Crippen molar-refractivity contribution in [1.29, 1.82) is 0 Å². The Labute approximate surface area is 210 Å². The lowest BCUT2D eigenvalue weighted by Gasteiger charge is -2.38. The van der Waals surface area contributed by atoms with E-state index in [1.54, 1.807) is 6.08 Å². The first-order chi connectivity index (χ1) is 16.2. The van der Waals surface area contributed by atoms with Gasteiger partial charge in [-0.1, -0.05) is 48.8 Å². The van der Waals surface area contributed by atoms with Gasteiger partial charge >= 0.3 is 0 Å². The molecule has 2 aromatic rings. The Morgan fingerprint density at radius 2 is 1.91 bits per heavy atom. The summed E-state index contributed by atoms with van der Waals surface area (Å²) in [6.07, 6.45) is 5.34. The largest absolute Gasteiger partial charge is 0.489 e. The third-order valence-corrected chi connectivity index (χ3v) is 7.44. The molecule has 1 N–H and O–H groups in total. The third kappa shape index (κ3) is 5.00. The van der Waals surface area contributed by atoms with E-state index in [4.69, 9.17) is 26.4 Å². The lowest BCUT2D eigenvalue weighted by molar-refractivity contribution is -0.115. The summed E-state index contributed by atoms with van der Waals surface area (Å²) in [6.45, 7) is 13.0. The maximum absolute atomic E-state index is 11.9. The van der Waals surface area contributed by atoms with E-state index in [0.29, 0.717) is 22.4 Å². The molecule has 2 aliphatic rings. The predicted octanol–water partition coefficient (Wildman–Crippen LogP) is 5.83. The van der Waals surface area contributed by atoms with Gasteiger partial charge in [0.25, 0.3) is 5.91 Å². The Morgan fingerprint density at radius 1 is 1.18 bits per heavy atom. The maximum atomic E-state index is 11.9. The number of nitrogens with one attached hydrogen (secondary N) is 1. The second-order valence-corrected chi connectivity index (χ2v) is 10.6. The number of ether oxygens (including phenoxy) is 3. The van der Waals surface area contributed by atoms with E-state index in [2.05, 4.69) is 39.6 Å². The standard InChI is InChI=1S/C27H29NO4S2/c1-6-13-30-23-16(2)17(3)24-21(18(23)4)11-12-27(5,32-24)15-31-20-9-7-19(8-10-20)14-22-25(29)28-26(33)34-22/h6-10,14H,1,11-13,15H2,2-5H3,(H,28,29,33). The molecule has 0 aromatic heterocycles. The highest BCUT2D eigenvalue weighted by atomic mass is 32.2. The maximum Gasteiger partial charge on any atom is 0.263 e. The van der Waals surface area contributed by atoms with Crippen molar-refractivity contribution in [1.82, 2.24) is 5.32 Å². The number of carbonyl (C=O) groups excluding carboxylic acids is 1. The van der Waals surface area contributed by atoms with Crippen molar-refractivity contribution in [2.75, 3.05) is 13.2 Å². The molecular formula is C27H29NO4S2. The van der Waals surface area contributed by atoms with Gasteiger partial charge in [0.2, 0.25) is 0 Å². The first-order valence-corrected chi connectivity index (χ1v) is 12.5. The fourth-order valence-corrected chi connectivity index (χ4v) is 5.25. The fraction of sp³-hybridized carbons (Fsp3) is 0.333. The van der Waals surface area contributed by atoms with Crippen LogP contribution in [0.2, 0.25) is 0 Å². The Kier molecular flexibility index (Phi) is 7.05. The van der Waals surface area contributed by atoms with Crippen molar-refractivity contribution < 1.29 is 19.0 Å². The molecule has 0 radical (unpaired) electrons. The molecule has 1 fully saturated rings. The molecule has 0 saturated carbocycles. The van der Waals surface area contributed by atoms with E-state index in [-0.39, 0.29) is 5.91 Å². The highest BCUT2D eigenvalue weighted by Crippen LogP contribution is 2.44. The fourth-order valence-electron chi connectivity index (χ4n) is 4.21. The second kappa shape index (κ2) is 9.84. The van der Waals surface area contributed by atoms with Crippen molar-refractivity contribution in [3.05, 3.63) is 69.6 Å². The van der Waals surface area contributed by atoms with E-state index in [1.165, 1.54) is 17.3 Å². The molecule has 34 heavy (non-hydrogen) atoms. The first-order valence-electron chi connectivity index (χ1n) is 11.2. The summed E-state index contributed by atoms with van der Waals surface area (Å²) in [7, 11) is 0. The lowest BCUT2D eigenvalue weighted by atomic mass is 9.87. The number of fused-ring (bicyclic) bond motifs is 1. The van der Waals surface area contributed by atoms with E-state index >= 15 is 0 Å². The molecule has 2 aliphatic heterocycles.